The van der Waals surface area contributed by atoms with Gasteiger partial charge >= 0.3 is 0 Å². The van der Waals surface area contributed by atoms with E-state index in [2.05, 4.69) is 155 Å². The van der Waals surface area contributed by atoms with E-state index in [9.17, 15) is 0 Å². The summed E-state index contributed by atoms with van der Waals surface area (Å²) in [6, 6.07) is 58.6. The standard InChI is InChI=1S/C45H27N3O/c1-7-19-37-35(17-1)43(44-36-18-6-12-24-42(36)49-45(44)46-37)28-25-29(47-38-20-8-2-13-31(38)32-14-3-9-21-39(32)47)27-30(26-28)48-40-22-10-4-15-33(40)34-16-5-11-23-41(34)48/h1-27H. The van der Waals surface area contributed by atoms with Crippen LogP contribution in [0.1, 0.15) is 0 Å². The Morgan fingerprint density at radius 1 is 0.408 bits per heavy atom. The van der Waals surface area contributed by atoms with Crippen molar-refractivity contribution >= 4 is 76.6 Å². The van der Waals surface area contributed by atoms with Crippen molar-refractivity contribution in [2.75, 3.05) is 0 Å². The van der Waals surface area contributed by atoms with E-state index >= 15 is 0 Å². The maximum atomic E-state index is 6.44. The number of pyridine rings is 1. The van der Waals surface area contributed by atoms with Crippen LogP contribution >= 0.6 is 0 Å². The molecule has 0 spiro atoms. The van der Waals surface area contributed by atoms with Crippen LogP contribution in [0, 0.1) is 0 Å². The van der Waals surface area contributed by atoms with E-state index in [4.69, 9.17) is 9.40 Å². The van der Waals surface area contributed by atoms with Gasteiger partial charge in [0.25, 0.3) is 0 Å². The molecule has 0 saturated heterocycles. The van der Waals surface area contributed by atoms with Gasteiger partial charge in [-0.2, -0.15) is 0 Å². The lowest BCUT2D eigenvalue weighted by Gasteiger charge is -2.17. The van der Waals surface area contributed by atoms with Gasteiger partial charge in [0.2, 0.25) is 5.71 Å². The highest BCUT2D eigenvalue weighted by Crippen LogP contribution is 2.43. The van der Waals surface area contributed by atoms with Crippen molar-refractivity contribution in [3.05, 3.63) is 164 Å². The first-order valence-corrected chi connectivity index (χ1v) is 16.6. The van der Waals surface area contributed by atoms with E-state index in [0.717, 1.165) is 49.8 Å². The number of para-hydroxylation sites is 6. The van der Waals surface area contributed by atoms with E-state index < -0.39 is 0 Å². The fraction of sp³-hybridized carbons (Fsp3) is 0. The minimum atomic E-state index is 0.649. The summed E-state index contributed by atoms with van der Waals surface area (Å²) in [7, 11) is 0. The summed E-state index contributed by atoms with van der Waals surface area (Å²) in [5.74, 6) is 0. The summed E-state index contributed by atoms with van der Waals surface area (Å²) in [6.07, 6.45) is 0. The second kappa shape index (κ2) is 9.93. The van der Waals surface area contributed by atoms with Crippen molar-refractivity contribution in [2.24, 2.45) is 0 Å². The normalized spacial score (nSPS) is 12.1. The minimum Gasteiger partial charge on any atom is -0.438 e. The zero-order valence-corrected chi connectivity index (χ0v) is 26.3. The average Bonchev–Trinajstić information content (AvgIpc) is 3.81. The molecule has 0 unspecified atom stereocenters. The average molecular weight is 626 g/mol. The molecule has 4 nitrogen and oxygen atoms in total. The topological polar surface area (TPSA) is 35.9 Å². The fourth-order valence-corrected chi connectivity index (χ4v) is 8.08. The van der Waals surface area contributed by atoms with E-state index in [1.165, 1.54) is 43.6 Å². The summed E-state index contributed by atoms with van der Waals surface area (Å²) in [5.41, 5.74) is 11.5. The fourth-order valence-electron chi connectivity index (χ4n) is 8.08. The van der Waals surface area contributed by atoms with Crippen LogP contribution in [0.3, 0.4) is 0 Å². The molecule has 0 N–H and O–H groups in total. The summed E-state index contributed by atoms with van der Waals surface area (Å²) < 4.78 is 11.3. The van der Waals surface area contributed by atoms with Gasteiger partial charge in [-0.3, -0.25) is 0 Å². The predicted octanol–water partition coefficient (Wildman–Crippen LogP) is 12.0. The molecule has 0 bridgehead atoms. The number of aromatic nitrogens is 3. The largest absolute Gasteiger partial charge is 0.438 e. The van der Waals surface area contributed by atoms with Crippen LogP contribution in [-0.2, 0) is 0 Å². The zero-order chi connectivity index (χ0) is 32.1. The van der Waals surface area contributed by atoms with Gasteiger partial charge in [0.05, 0.1) is 33.0 Å². The molecule has 49 heavy (non-hydrogen) atoms. The number of rotatable bonds is 3. The molecule has 0 aliphatic heterocycles. The van der Waals surface area contributed by atoms with Crippen molar-refractivity contribution in [1.82, 2.24) is 14.1 Å². The van der Waals surface area contributed by atoms with Crippen LogP contribution in [-0.4, -0.2) is 14.1 Å². The molecule has 4 heteroatoms. The molecule has 0 fully saturated rings. The minimum absolute atomic E-state index is 0.649. The first kappa shape index (κ1) is 26.4. The van der Waals surface area contributed by atoms with Crippen molar-refractivity contribution < 1.29 is 4.42 Å². The summed E-state index contributed by atoms with van der Waals surface area (Å²) in [4.78, 5) is 5.03. The molecule has 4 heterocycles. The predicted molar refractivity (Wildman–Crippen MR) is 203 cm³/mol. The molecule has 0 aliphatic rings. The van der Waals surface area contributed by atoms with E-state index in [0.29, 0.717) is 5.71 Å². The zero-order valence-electron chi connectivity index (χ0n) is 26.3. The maximum Gasteiger partial charge on any atom is 0.228 e. The maximum absolute atomic E-state index is 6.44. The molecule has 7 aromatic carbocycles. The highest BCUT2D eigenvalue weighted by Gasteiger charge is 2.21. The molecule has 0 amide bonds. The van der Waals surface area contributed by atoms with Crippen molar-refractivity contribution in [2.45, 2.75) is 0 Å². The molecule has 11 aromatic rings. The monoisotopic (exact) mass is 625 g/mol. The van der Waals surface area contributed by atoms with Crippen LogP contribution < -0.4 is 0 Å². The van der Waals surface area contributed by atoms with E-state index in [1.807, 2.05) is 18.2 Å². The summed E-state index contributed by atoms with van der Waals surface area (Å²) in [5, 5.41) is 8.13. The Hall–Kier alpha value is -6.65. The van der Waals surface area contributed by atoms with Crippen molar-refractivity contribution in [1.29, 1.82) is 0 Å². The molecule has 0 aliphatic carbocycles. The Bertz CT molecular complexity index is 2880. The second-order valence-electron chi connectivity index (χ2n) is 12.8. The van der Waals surface area contributed by atoms with Crippen LogP contribution in [0.4, 0.5) is 0 Å². The van der Waals surface area contributed by atoms with Gasteiger partial charge in [0, 0.05) is 49.3 Å². The quantitative estimate of drug-likeness (QED) is 0.196. The molecular weight excluding hydrogens is 599 g/mol. The third-order valence-corrected chi connectivity index (χ3v) is 10.1. The van der Waals surface area contributed by atoms with Crippen molar-refractivity contribution in [3.8, 4) is 22.5 Å². The lowest BCUT2D eigenvalue weighted by Crippen LogP contribution is -2.00. The number of benzene rings is 7. The van der Waals surface area contributed by atoms with Crippen molar-refractivity contribution in [3.63, 3.8) is 0 Å². The number of nitrogens with zero attached hydrogens (tertiary/aromatic N) is 3. The molecular formula is C45H27N3O. The second-order valence-corrected chi connectivity index (χ2v) is 12.8. The van der Waals surface area contributed by atoms with Gasteiger partial charge in [-0.15, -0.1) is 0 Å². The number of hydrogen-bond donors (Lipinski definition) is 0. The Labute approximate surface area is 280 Å². The third kappa shape index (κ3) is 3.71. The lowest BCUT2D eigenvalue weighted by atomic mass is 9.95. The number of furan rings is 1. The Balaban J connectivity index is 1.34. The number of fused-ring (bicyclic) bond motifs is 10. The SMILES string of the molecule is c1ccc2c(-c3cc(-n4c5ccccc5c5ccccc54)cc(-n4c5ccccc5c5ccccc54)c3)c3c(nc2c1)oc1ccccc13. The van der Waals surface area contributed by atoms with Gasteiger partial charge in [-0.25, -0.2) is 4.98 Å². The Kier molecular flexibility index (Phi) is 5.35. The van der Waals surface area contributed by atoms with Gasteiger partial charge in [0.15, 0.2) is 0 Å². The molecule has 11 rings (SSSR count). The Morgan fingerprint density at radius 2 is 0.837 bits per heavy atom. The smallest absolute Gasteiger partial charge is 0.228 e. The van der Waals surface area contributed by atoms with Gasteiger partial charge < -0.3 is 13.6 Å². The summed E-state index contributed by atoms with van der Waals surface area (Å²) >= 11 is 0. The van der Waals surface area contributed by atoms with Crippen LogP contribution in [0.5, 0.6) is 0 Å². The number of hydrogen-bond acceptors (Lipinski definition) is 2. The Morgan fingerprint density at radius 3 is 1.37 bits per heavy atom. The molecule has 4 aromatic heterocycles. The first-order valence-electron chi connectivity index (χ1n) is 16.6. The molecule has 0 radical (unpaired) electrons. The van der Waals surface area contributed by atoms with Crippen LogP contribution in [0.25, 0.3) is 99.1 Å². The summed E-state index contributed by atoms with van der Waals surface area (Å²) in [6.45, 7) is 0. The van der Waals surface area contributed by atoms with Crippen LogP contribution in [0.2, 0.25) is 0 Å². The molecule has 0 atom stereocenters. The van der Waals surface area contributed by atoms with E-state index in [1.54, 1.807) is 0 Å². The van der Waals surface area contributed by atoms with Gasteiger partial charge in [-0.1, -0.05) is 109 Å². The highest BCUT2D eigenvalue weighted by atomic mass is 16.3. The van der Waals surface area contributed by atoms with Crippen LogP contribution in [0.15, 0.2) is 168 Å². The third-order valence-electron chi connectivity index (χ3n) is 10.1. The van der Waals surface area contributed by atoms with E-state index in [-0.39, 0.29) is 0 Å². The lowest BCUT2D eigenvalue weighted by molar-refractivity contribution is 0.656. The molecule has 228 valence electrons. The molecule has 0 saturated carbocycles. The van der Waals surface area contributed by atoms with Gasteiger partial charge in [-0.05, 0) is 60.2 Å². The first-order chi connectivity index (χ1) is 24.3. The van der Waals surface area contributed by atoms with Gasteiger partial charge in [0.1, 0.15) is 5.58 Å². The highest BCUT2D eigenvalue weighted by molar-refractivity contribution is 6.19.